The highest BCUT2D eigenvalue weighted by Crippen LogP contribution is 2.49. The van der Waals surface area contributed by atoms with Crippen LogP contribution in [0.4, 0.5) is 4.39 Å². The minimum absolute atomic E-state index is 0.227. The lowest BCUT2D eigenvalue weighted by Crippen LogP contribution is -2.01. The Hall–Kier alpha value is -1.74. The number of rotatable bonds is 3. The Labute approximate surface area is 139 Å². The molecular formula is C19H17ClFNO. The Morgan fingerprint density at radius 1 is 1.30 bits per heavy atom. The van der Waals surface area contributed by atoms with E-state index in [1.54, 1.807) is 18.3 Å². The number of nitrogens with zero attached hydrogens (tertiary/aromatic N) is 1. The largest absolute Gasteiger partial charge is 0.281 e. The summed E-state index contributed by atoms with van der Waals surface area (Å²) in [5.41, 5.74) is 3.20. The molecule has 0 amide bonds. The molecule has 0 spiro atoms. The third-order valence-corrected chi connectivity index (χ3v) is 5.40. The molecule has 0 N–H and O–H groups in total. The van der Waals surface area contributed by atoms with Gasteiger partial charge in [0.25, 0.3) is 0 Å². The van der Waals surface area contributed by atoms with E-state index in [2.05, 4.69) is 11.1 Å². The highest BCUT2D eigenvalue weighted by Gasteiger charge is 2.38. The molecule has 0 unspecified atom stereocenters. The molecule has 2 aliphatic rings. The zero-order chi connectivity index (χ0) is 16.0. The van der Waals surface area contributed by atoms with Crippen molar-refractivity contribution in [3.63, 3.8) is 0 Å². The zero-order valence-corrected chi connectivity index (χ0v) is 13.4. The summed E-state index contributed by atoms with van der Waals surface area (Å²) in [6, 6.07) is 6.73. The third-order valence-electron chi connectivity index (χ3n) is 5.24. The van der Waals surface area contributed by atoms with Crippen molar-refractivity contribution in [1.82, 2.24) is 4.98 Å². The summed E-state index contributed by atoms with van der Waals surface area (Å²) in [4.78, 5) is 15.4. The highest BCUT2D eigenvalue weighted by molar-refractivity contribution is 6.63. The maximum atomic E-state index is 13.6. The summed E-state index contributed by atoms with van der Waals surface area (Å²) in [6.45, 7) is 0. The van der Waals surface area contributed by atoms with E-state index in [0.717, 1.165) is 35.7 Å². The van der Waals surface area contributed by atoms with Gasteiger partial charge in [-0.05, 0) is 84.0 Å². The Kier molecular flexibility index (Phi) is 3.68. The Morgan fingerprint density at radius 2 is 2.17 bits per heavy atom. The van der Waals surface area contributed by atoms with E-state index >= 15 is 0 Å². The van der Waals surface area contributed by atoms with Crippen LogP contribution in [0.5, 0.6) is 0 Å². The minimum Gasteiger partial charge on any atom is -0.281 e. The summed E-state index contributed by atoms with van der Waals surface area (Å²) in [7, 11) is 0. The van der Waals surface area contributed by atoms with Crippen molar-refractivity contribution < 1.29 is 9.18 Å². The van der Waals surface area contributed by atoms with Gasteiger partial charge in [-0.1, -0.05) is 6.08 Å². The van der Waals surface area contributed by atoms with E-state index in [0.29, 0.717) is 24.2 Å². The van der Waals surface area contributed by atoms with Gasteiger partial charge in [-0.3, -0.25) is 9.78 Å². The van der Waals surface area contributed by atoms with Crippen molar-refractivity contribution in [3.8, 4) is 0 Å². The molecule has 0 saturated heterocycles. The van der Waals surface area contributed by atoms with E-state index in [1.807, 2.05) is 6.07 Å². The lowest BCUT2D eigenvalue weighted by molar-refractivity contribution is -0.112. The lowest BCUT2D eigenvalue weighted by Gasteiger charge is -2.11. The number of fused-ring (bicyclic) bond motifs is 2. The van der Waals surface area contributed by atoms with Crippen LogP contribution >= 0.6 is 11.6 Å². The van der Waals surface area contributed by atoms with Gasteiger partial charge < -0.3 is 0 Å². The molecule has 4 heteroatoms. The van der Waals surface area contributed by atoms with Gasteiger partial charge in [0.1, 0.15) is 5.82 Å². The van der Waals surface area contributed by atoms with E-state index in [-0.39, 0.29) is 11.1 Å². The van der Waals surface area contributed by atoms with E-state index in [1.165, 1.54) is 11.6 Å². The van der Waals surface area contributed by atoms with E-state index in [4.69, 9.17) is 11.6 Å². The van der Waals surface area contributed by atoms with Crippen LogP contribution in [0.2, 0.25) is 0 Å². The van der Waals surface area contributed by atoms with Crippen molar-refractivity contribution in [2.24, 2.45) is 17.8 Å². The molecule has 0 aliphatic heterocycles. The summed E-state index contributed by atoms with van der Waals surface area (Å²) in [5.74, 6) is 1.29. The predicted molar refractivity (Wildman–Crippen MR) is 89.5 cm³/mol. The summed E-state index contributed by atoms with van der Waals surface area (Å²) in [6.07, 6.45) is 7.68. The number of halogens is 2. The zero-order valence-electron chi connectivity index (χ0n) is 12.6. The Balaban J connectivity index is 1.64. The van der Waals surface area contributed by atoms with Crippen LogP contribution in [0.1, 0.15) is 31.2 Å². The van der Waals surface area contributed by atoms with Crippen LogP contribution in [-0.2, 0) is 4.79 Å². The predicted octanol–water partition coefficient (Wildman–Crippen LogP) is 4.96. The molecule has 1 aromatic heterocycles. The molecule has 2 aliphatic carbocycles. The number of benzene rings is 1. The quantitative estimate of drug-likeness (QED) is 0.745. The van der Waals surface area contributed by atoms with Gasteiger partial charge in [0.15, 0.2) is 0 Å². The van der Waals surface area contributed by atoms with Crippen molar-refractivity contribution in [2.45, 2.75) is 25.7 Å². The van der Waals surface area contributed by atoms with Gasteiger partial charge in [0.2, 0.25) is 5.24 Å². The average molecular weight is 330 g/mol. The van der Waals surface area contributed by atoms with Crippen LogP contribution in [0.25, 0.3) is 16.5 Å². The molecule has 1 heterocycles. The van der Waals surface area contributed by atoms with E-state index < -0.39 is 0 Å². The van der Waals surface area contributed by atoms with Crippen molar-refractivity contribution in [2.75, 3.05) is 0 Å². The summed E-state index contributed by atoms with van der Waals surface area (Å²) >= 11 is 5.52. The fourth-order valence-corrected chi connectivity index (χ4v) is 4.53. The minimum atomic E-state index is -0.230. The molecular weight excluding hydrogens is 313 g/mol. The second kappa shape index (κ2) is 5.72. The normalized spacial score (nSPS) is 26.3. The average Bonchev–Trinajstić information content (AvgIpc) is 3.04. The Morgan fingerprint density at radius 3 is 2.96 bits per heavy atom. The molecule has 0 radical (unpaired) electrons. The van der Waals surface area contributed by atoms with Crippen LogP contribution in [-0.4, -0.2) is 10.2 Å². The topological polar surface area (TPSA) is 30.0 Å². The molecule has 23 heavy (non-hydrogen) atoms. The van der Waals surface area contributed by atoms with Crippen molar-refractivity contribution >= 4 is 33.3 Å². The van der Waals surface area contributed by atoms with Gasteiger partial charge in [-0.15, -0.1) is 0 Å². The van der Waals surface area contributed by atoms with Crippen molar-refractivity contribution in [1.29, 1.82) is 0 Å². The SMILES string of the molecule is O=C(Cl)C[C@@H]1C[C@@H]2CC(c3ccnc4ccc(F)cc34)=C[C@@H]2C1. The number of carbonyl (C=O) groups excluding carboxylic acids is 1. The first-order chi connectivity index (χ1) is 11.1. The Bertz CT molecular complexity index is 816. The van der Waals surface area contributed by atoms with Crippen LogP contribution in [0.15, 0.2) is 36.5 Å². The van der Waals surface area contributed by atoms with Gasteiger partial charge in [0, 0.05) is 18.0 Å². The molecule has 1 aromatic carbocycles. The first-order valence-electron chi connectivity index (χ1n) is 8.04. The summed E-state index contributed by atoms with van der Waals surface area (Å²) in [5, 5.41) is 0.654. The molecule has 118 valence electrons. The summed E-state index contributed by atoms with van der Waals surface area (Å²) < 4.78 is 13.6. The number of pyridine rings is 1. The molecule has 1 fully saturated rings. The lowest BCUT2D eigenvalue weighted by atomic mass is 9.94. The van der Waals surface area contributed by atoms with Crippen LogP contribution < -0.4 is 0 Å². The fraction of sp³-hybridized carbons (Fsp3) is 0.368. The second-order valence-corrected chi connectivity index (χ2v) is 7.16. The molecule has 2 nitrogen and oxygen atoms in total. The van der Waals surface area contributed by atoms with Crippen molar-refractivity contribution in [3.05, 3.63) is 47.9 Å². The van der Waals surface area contributed by atoms with Crippen LogP contribution in [0.3, 0.4) is 0 Å². The molecule has 0 bridgehead atoms. The van der Waals surface area contributed by atoms with Gasteiger partial charge >= 0.3 is 0 Å². The van der Waals surface area contributed by atoms with Gasteiger partial charge in [-0.25, -0.2) is 4.39 Å². The third kappa shape index (κ3) is 2.78. The highest BCUT2D eigenvalue weighted by atomic mass is 35.5. The van der Waals surface area contributed by atoms with Gasteiger partial charge in [-0.2, -0.15) is 0 Å². The molecule has 4 rings (SSSR count). The number of carbonyl (C=O) groups is 1. The molecule has 3 atom stereocenters. The maximum Gasteiger partial charge on any atom is 0.221 e. The first-order valence-corrected chi connectivity index (χ1v) is 8.41. The molecule has 2 aromatic rings. The maximum absolute atomic E-state index is 13.6. The van der Waals surface area contributed by atoms with Crippen LogP contribution in [0, 0.1) is 23.6 Å². The molecule has 1 saturated carbocycles. The second-order valence-electron chi connectivity index (χ2n) is 6.74. The fourth-order valence-electron chi connectivity index (χ4n) is 4.32. The van der Waals surface area contributed by atoms with Gasteiger partial charge in [0.05, 0.1) is 5.52 Å². The van der Waals surface area contributed by atoms with E-state index in [9.17, 15) is 9.18 Å². The number of hydrogen-bond acceptors (Lipinski definition) is 2. The monoisotopic (exact) mass is 329 g/mol. The number of aromatic nitrogens is 1. The smallest absolute Gasteiger partial charge is 0.221 e. The number of allylic oxidation sites excluding steroid dienone is 2. The first kappa shape index (κ1) is 14.8. The number of hydrogen-bond donors (Lipinski definition) is 0. The standard InChI is InChI=1S/C19H17ClFNO/c20-19(23)7-11-5-12-8-14(9-13(12)6-11)16-3-4-22-18-2-1-15(21)10-17(16)18/h1-4,8,10-13H,5-7,9H2/t11-,12-,13+/m0/s1.